The van der Waals surface area contributed by atoms with Gasteiger partial charge in [-0.05, 0) is 42.0 Å². The number of benzene rings is 2. The van der Waals surface area contributed by atoms with Crippen molar-refractivity contribution in [3.8, 4) is 17.1 Å². The van der Waals surface area contributed by atoms with E-state index >= 15 is 0 Å². The third-order valence-corrected chi connectivity index (χ3v) is 6.38. The van der Waals surface area contributed by atoms with Crippen molar-refractivity contribution < 1.29 is 4.52 Å². The Balaban J connectivity index is 1.60. The molecular weight excluding hydrogens is 424 g/mol. The molecule has 0 unspecified atom stereocenters. The van der Waals surface area contributed by atoms with E-state index in [-0.39, 0.29) is 12.1 Å². The van der Waals surface area contributed by atoms with E-state index < -0.39 is 5.69 Å². The van der Waals surface area contributed by atoms with E-state index in [1.807, 2.05) is 49.4 Å². The second kappa shape index (κ2) is 8.05. The molecule has 0 aliphatic rings. The van der Waals surface area contributed by atoms with Crippen LogP contribution >= 0.6 is 11.3 Å². The first-order valence-electron chi connectivity index (χ1n) is 10.3. The van der Waals surface area contributed by atoms with Crippen molar-refractivity contribution in [3.63, 3.8) is 0 Å². The highest BCUT2D eigenvalue weighted by atomic mass is 32.1. The Labute approximate surface area is 187 Å². The van der Waals surface area contributed by atoms with Gasteiger partial charge in [-0.25, -0.2) is 9.36 Å². The van der Waals surface area contributed by atoms with Gasteiger partial charge in [0.2, 0.25) is 11.7 Å². The van der Waals surface area contributed by atoms with Crippen LogP contribution in [0, 0.1) is 6.92 Å². The SMILES string of the molecule is CCc1ccc(-c2noc(Cn3c(=O)n(-c4ccccc4C)c(=O)c4sccc43)n2)cc1. The van der Waals surface area contributed by atoms with Gasteiger partial charge in [-0.2, -0.15) is 4.98 Å². The number of hydrogen-bond acceptors (Lipinski definition) is 6. The normalized spacial score (nSPS) is 11.3. The molecule has 8 heteroatoms. The smallest absolute Gasteiger partial charge is 0.336 e. The predicted molar refractivity (Wildman–Crippen MR) is 125 cm³/mol. The molecule has 0 saturated carbocycles. The van der Waals surface area contributed by atoms with Crippen LogP contribution in [-0.4, -0.2) is 19.3 Å². The maximum Gasteiger partial charge on any atom is 0.336 e. The largest absolute Gasteiger partial charge is 0.337 e. The molecule has 3 aromatic heterocycles. The fourth-order valence-corrected chi connectivity index (χ4v) is 4.55. The Kier molecular flexibility index (Phi) is 5.07. The molecule has 0 saturated heterocycles. The molecule has 0 aliphatic carbocycles. The number of nitrogens with zero attached hydrogens (tertiary/aromatic N) is 4. The van der Waals surface area contributed by atoms with E-state index in [1.165, 1.54) is 26.0 Å². The molecular formula is C24H20N4O3S. The van der Waals surface area contributed by atoms with Gasteiger partial charge in [0.25, 0.3) is 5.56 Å². The molecule has 3 heterocycles. The van der Waals surface area contributed by atoms with Crippen molar-refractivity contribution in [3.05, 3.63) is 97.8 Å². The number of aryl methyl sites for hydroxylation is 2. The molecule has 0 amide bonds. The summed E-state index contributed by atoms with van der Waals surface area (Å²) in [5.74, 6) is 0.758. The zero-order valence-corrected chi connectivity index (χ0v) is 18.4. The standard InChI is InChI=1S/C24H20N4O3S/c1-3-16-8-10-17(11-9-16)22-25-20(31-26-22)14-27-19-12-13-32-21(19)23(29)28(24(27)30)18-7-5-4-6-15(18)2/h4-13H,3,14H2,1-2H3. The Morgan fingerprint density at radius 2 is 1.81 bits per heavy atom. The summed E-state index contributed by atoms with van der Waals surface area (Å²) in [7, 11) is 0. The molecule has 5 aromatic rings. The minimum atomic E-state index is -0.442. The first-order chi connectivity index (χ1) is 15.6. The van der Waals surface area contributed by atoms with E-state index in [9.17, 15) is 9.59 Å². The molecule has 160 valence electrons. The van der Waals surface area contributed by atoms with Crippen molar-refractivity contribution in [1.82, 2.24) is 19.3 Å². The van der Waals surface area contributed by atoms with Crippen LogP contribution in [0.2, 0.25) is 0 Å². The first kappa shape index (κ1) is 20.1. The average Bonchev–Trinajstić information content (AvgIpc) is 3.48. The van der Waals surface area contributed by atoms with Gasteiger partial charge in [-0.1, -0.05) is 54.5 Å². The predicted octanol–water partition coefficient (Wildman–Crippen LogP) is 4.18. The number of rotatable bonds is 5. The number of para-hydroxylation sites is 1. The lowest BCUT2D eigenvalue weighted by molar-refractivity contribution is 0.370. The second-order valence-corrected chi connectivity index (χ2v) is 8.41. The van der Waals surface area contributed by atoms with Crippen LogP contribution in [0.4, 0.5) is 0 Å². The summed E-state index contributed by atoms with van der Waals surface area (Å²) in [5, 5.41) is 5.88. The van der Waals surface area contributed by atoms with Crippen molar-refractivity contribution >= 4 is 21.6 Å². The Bertz CT molecular complexity index is 1540. The molecule has 0 atom stereocenters. The van der Waals surface area contributed by atoms with Gasteiger partial charge >= 0.3 is 5.69 Å². The highest BCUT2D eigenvalue weighted by Crippen LogP contribution is 2.20. The van der Waals surface area contributed by atoms with Crippen molar-refractivity contribution in [2.75, 3.05) is 0 Å². The summed E-state index contributed by atoms with van der Waals surface area (Å²) < 4.78 is 8.69. The molecule has 0 spiro atoms. The summed E-state index contributed by atoms with van der Waals surface area (Å²) in [6.07, 6.45) is 0.952. The van der Waals surface area contributed by atoms with Gasteiger partial charge in [0.15, 0.2) is 0 Å². The van der Waals surface area contributed by atoms with Crippen LogP contribution in [0.1, 0.15) is 23.9 Å². The maximum absolute atomic E-state index is 13.4. The fraction of sp³-hybridized carbons (Fsp3) is 0.167. The molecule has 0 bridgehead atoms. The van der Waals surface area contributed by atoms with E-state index in [2.05, 4.69) is 17.1 Å². The third kappa shape index (κ3) is 3.38. The monoisotopic (exact) mass is 444 g/mol. The van der Waals surface area contributed by atoms with Crippen LogP contribution < -0.4 is 11.2 Å². The molecule has 7 nitrogen and oxygen atoms in total. The van der Waals surface area contributed by atoms with Crippen LogP contribution in [0.5, 0.6) is 0 Å². The highest BCUT2D eigenvalue weighted by Gasteiger charge is 2.19. The summed E-state index contributed by atoms with van der Waals surface area (Å²) in [6, 6.07) is 17.1. The van der Waals surface area contributed by atoms with Gasteiger partial charge in [0.05, 0.1) is 11.2 Å². The topological polar surface area (TPSA) is 82.9 Å². The molecule has 5 rings (SSSR count). The molecule has 0 aliphatic heterocycles. The number of thiophene rings is 1. The van der Waals surface area contributed by atoms with Crippen LogP contribution in [0.3, 0.4) is 0 Å². The van der Waals surface area contributed by atoms with E-state index in [4.69, 9.17) is 4.52 Å². The van der Waals surface area contributed by atoms with Crippen LogP contribution in [0.15, 0.2) is 74.1 Å². The molecule has 0 fully saturated rings. The van der Waals surface area contributed by atoms with Gasteiger partial charge in [-0.15, -0.1) is 11.3 Å². The maximum atomic E-state index is 13.4. The zero-order chi connectivity index (χ0) is 22.2. The van der Waals surface area contributed by atoms with Gasteiger partial charge < -0.3 is 4.52 Å². The van der Waals surface area contributed by atoms with Crippen LogP contribution in [0.25, 0.3) is 27.3 Å². The molecule has 32 heavy (non-hydrogen) atoms. The minimum absolute atomic E-state index is 0.0677. The lowest BCUT2D eigenvalue weighted by Crippen LogP contribution is -2.39. The lowest BCUT2D eigenvalue weighted by atomic mass is 10.1. The molecule has 0 N–H and O–H groups in total. The molecule has 0 radical (unpaired) electrons. The number of aromatic nitrogens is 4. The number of fused-ring (bicyclic) bond motifs is 1. The van der Waals surface area contributed by atoms with Crippen molar-refractivity contribution in [1.29, 1.82) is 0 Å². The number of hydrogen-bond donors (Lipinski definition) is 0. The van der Waals surface area contributed by atoms with Gasteiger partial charge in [-0.3, -0.25) is 9.36 Å². The van der Waals surface area contributed by atoms with E-state index in [0.29, 0.717) is 27.6 Å². The van der Waals surface area contributed by atoms with E-state index in [0.717, 1.165) is 17.5 Å². The summed E-state index contributed by atoms with van der Waals surface area (Å²) >= 11 is 1.31. The van der Waals surface area contributed by atoms with E-state index in [1.54, 1.807) is 17.5 Å². The Morgan fingerprint density at radius 3 is 2.56 bits per heavy atom. The van der Waals surface area contributed by atoms with Gasteiger partial charge in [0, 0.05) is 5.56 Å². The average molecular weight is 445 g/mol. The van der Waals surface area contributed by atoms with Crippen molar-refractivity contribution in [2.24, 2.45) is 0 Å². The Hall–Kier alpha value is -3.78. The fourth-order valence-electron chi connectivity index (χ4n) is 3.73. The van der Waals surface area contributed by atoms with Gasteiger partial charge in [0.1, 0.15) is 11.2 Å². The third-order valence-electron chi connectivity index (χ3n) is 5.49. The summed E-state index contributed by atoms with van der Waals surface area (Å²) in [4.78, 5) is 31.0. The zero-order valence-electron chi connectivity index (χ0n) is 17.6. The lowest BCUT2D eigenvalue weighted by Gasteiger charge is -2.12. The molecule has 2 aromatic carbocycles. The summed E-state index contributed by atoms with van der Waals surface area (Å²) in [6.45, 7) is 4.04. The quantitative estimate of drug-likeness (QED) is 0.406. The highest BCUT2D eigenvalue weighted by molar-refractivity contribution is 7.17. The second-order valence-electron chi connectivity index (χ2n) is 7.49. The minimum Gasteiger partial charge on any atom is -0.337 e. The first-order valence-corrected chi connectivity index (χ1v) is 11.2. The van der Waals surface area contributed by atoms with Crippen LogP contribution in [-0.2, 0) is 13.0 Å². The summed E-state index contributed by atoms with van der Waals surface area (Å²) in [5.41, 5.74) is 3.26. The van der Waals surface area contributed by atoms with Crippen molar-refractivity contribution in [2.45, 2.75) is 26.8 Å². The Morgan fingerprint density at radius 1 is 1.03 bits per heavy atom.